The van der Waals surface area contributed by atoms with E-state index >= 15 is 0 Å². The first-order valence-corrected chi connectivity index (χ1v) is 7.70. The highest BCUT2D eigenvalue weighted by Gasteiger charge is 2.05. The third-order valence-electron chi connectivity index (χ3n) is 3.50. The predicted octanol–water partition coefficient (Wildman–Crippen LogP) is 3.68. The monoisotopic (exact) mass is 338 g/mol. The smallest absolute Gasteiger partial charge is 0.271 e. The second-order valence-corrected chi connectivity index (χ2v) is 5.60. The summed E-state index contributed by atoms with van der Waals surface area (Å²) in [6, 6.07) is 14.5. The van der Waals surface area contributed by atoms with Gasteiger partial charge in [0.2, 0.25) is 0 Å². The number of nitrogens with zero attached hydrogens (tertiary/aromatic N) is 3. The van der Waals surface area contributed by atoms with Crippen molar-refractivity contribution in [1.82, 2.24) is 15.0 Å². The highest BCUT2D eigenvalue weighted by Crippen LogP contribution is 2.11. The Hall–Kier alpha value is -2.92. The van der Waals surface area contributed by atoms with Crippen LogP contribution in [0.1, 0.15) is 22.8 Å². The van der Waals surface area contributed by atoms with E-state index < -0.39 is 0 Å². The van der Waals surface area contributed by atoms with Gasteiger partial charge in [0.15, 0.2) is 0 Å². The van der Waals surface area contributed by atoms with Gasteiger partial charge in [-0.2, -0.15) is 5.10 Å². The molecule has 0 aliphatic heterocycles. The van der Waals surface area contributed by atoms with Gasteiger partial charge in [-0.05, 0) is 42.8 Å². The molecule has 0 fully saturated rings. The van der Waals surface area contributed by atoms with Gasteiger partial charge in [-0.1, -0.05) is 29.8 Å². The number of amides is 1. The van der Waals surface area contributed by atoms with E-state index in [1.807, 2.05) is 42.0 Å². The minimum Gasteiger partial charge on any atom is -0.306 e. The molecule has 0 radical (unpaired) electrons. The zero-order chi connectivity index (χ0) is 16.9. The Morgan fingerprint density at radius 2 is 1.96 bits per heavy atom. The van der Waals surface area contributed by atoms with Crippen molar-refractivity contribution >= 4 is 23.2 Å². The maximum Gasteiger partial charge on any atom is 0.271 e. The van der Waals surface area contributed by atoms with Gasteiger partial charge in [0.1, 0.15) is 0 Å². The number of halogens is 1. The largest absolute Gasteiger partial charge is 0.306 e. The lowest BCUT2D eigenvalue weighted by Crippen LogP contribution is -2.19. The SMILES string of the molecule is C/C(=N/NC(=O)c1cccc(Cl)c1)c1ccc(-n2ccnc2)cc1. The fraction of sp³-hybridized carbons (Fsp3) is 0.0556. The molecule has 1 aromatic heterocycles. The quantitative estimate of drug-likeness (QED) is 0.582. The van der Waals surface area contributed by atoms with E-state index in [4.69, 9.17) is 11.6 Å². The summed E-state index contributed by atoms with van der Waals surface area (Å²) in [5.74, 6) is -0.299. The number of hydrogen-bond acceptors (Lipinski definition) is 3. The molecular formula is C18H15ClN4O. The predicted molar refractivity (Wildman–Crippen MR) is 94.7 cm³/mol. The number of aromatic nitrogens is 2. The van der Waals surface area contributed by atoms with Gasteiger partial charge < -0.3 is 4.57 Å². The van der Waals surface area contributed by atoms with Crippen molar-refractivity contribution in [2.24, 2.45) is 5.10 Å². The van der Waals surface area contributed by atoms with Crippen LogP contribution in [0.25, 0.3) is 5.69 Å². The molecule has 6 heteroatoms. The minimum atomic E-state index is -0.299. The Morgan fingerprint density at radius 3 is 2.62 bits per heavy atom. The number of hydrogen-bond donors (Lipinski definition) is 1. The van der Waals surface area contributed by atoms with Crippen molar-refractivity contribution in [3.8, 4) is 5.69 Å². The van der Waals surface area contributed by atoms with Crippen molar-refractivity contribution in [3.63, 3.8) is 0 Å². The molecule has 5 nitrogen and oxygen atoms in total. The van der Waals surface area contributed by atoms with Gasteiger partial charge in [-0.25, -0.2) is 10.4 Å². The summed E-state index contributed by atoms with van der Waals surface area (Å²) in [4.78, 5) is 16.1. The molecule has 2 aromatic carbocycles. The number of rotatable bonds is 4. The molecular weight excluding hydrogens is 324 g/mol. The number of carbonyl (C=O) groups is 1. The lowest BCUT2D eigenvalue weighted by atomic mass is 10.1. The highest BCUT2D eigenvalue weighted by atomic mass is 35.5. The number of imidazole rings is 1. The summed E-state index contributed by atoms with van der Waals surface area (Å²) in [5.41, 5.74) is 5.65. The number of carbonyl (C=O) groups excluding carboxylic acids is 1. The maximum atomic E-state index is 12.1. The second kappa shape index (κ2) is 7.10. The lowest BCUT2D eigenvalue weighted by Gasteiger charge is -2.06. The molecule has 0 atom stereocenters. The van der Waals surface area contributed by atoms with Gasteiger partial charge in [-0.3, -0.25) is 4.79 Å². The normalized spacial score (nSPS) is 11.3. The van der Waals surface area contributed by atoms with E-state index in [-0.39, 0.29) is 5.91 Å². The van der Waals surface area contributed by atoms with Crippen LogP contribution in [0, 0.1) is 0 Å². The van der Waals surface area contributed by atoms with Crippen LogP contribution in [0.15, 0.2) is 72.4 Å². The Bertz CT molecular complexity index is 870. The van der Waals surface area contributed by atoms with Crippen LogP contribution in [-0.2, 0) is 0 Å². The first-order valence-electron chi connectivity index (χ1n) is 7.32. The van der Waals surface area contributed by atoms with Crippen molar-refractivity contribution < 1.29 is 4.79 Å². The Morgan fingerprint density at radius 1 is 1.17 bits per heavy atom. The fourth-order valence-corrected chi connectivity index (χ4v) is 2.37. The molecule has 0 aliphatic rings. The van der Waals surface area contributed by atoms with Crippen LogP contribution in [0.2, 0.25) is 5.02 Å². The van der Waals surface area contributed by atoms with Gasteiger partial charge in [0, 0.05) is 28.7 Å². The number of hydrazone groups is 1. The zero-order valence-corrected chi connectivity index (χ0v) is 13.7. The van der Waals surface area contributed by atoms with E-state index in [0.717, 1.165) is 11.3 Å². The first-order chi connectivity index (χ1) is 11.6. The summed E-state index contributed by atoms with van der Waals surface area (Å²) < 4.78 is 1.91. The summed E-state index contributed by atoms with van der Waals surface area (Å²) in [6.45, 7) is 1.84. The van der Waals surface area contributed by atoms with Crippen molar-refractivity contribution in [1.29, 1.82) is 0 Å². The molecule has 120 valence electrons. The van der Waals surface area contributed by atoms with E-state index in [9.17, 15) is 4.79 Å². The summed E-state index contributed by atoms with van der Waals surface area (Å²) in [6.07, 6.45) is 5.34. The van der Waals surface area contributed by atoms with Crippen molar-refractivity contribution in [2.75, 3.05) is 0 Å². The van der Waals surface area contributed by atoms with Crippen LogP contribution in [-0.4, -0.2) is 21.2 Å². The average molecular weight is 339 g/mol. The molecule has 1 heterocycles. The van der Waals surface area contributed by atoms with E-state index in [1.54, 1.807) is 36.8 Å². The molecule has 0 spiro atoms. The van der Waals surface area contributed by atoms with Crippen LogP contribution in [0.3, 0.4) is 0 Å². The van der Waals surface area contributed by atoms with Gasteiger partial charge in [0.05, 0.1) is 12.0 Å². The Balaban J connectivity index is 1.70. The standard InChI is InChI=1S/C18H15ClN4O/c1-13(21-22-18(24)15-3-2-4-16(19)11-15)14-5-7-17(8-6-14)23-10-9-20-12-23/h2-12H,1H3,(H,22,24)/b21-13-. The molecule has 0 aliphatic carbocycles. The van der Waals surface area contributed by atoms with E-state index in [2.05, 4.69) is 15.5 Å². The molecule has 0 unspecified atom stereocenters. The minimum absolute atomic E-state index is 0.299. The maximum absolute atomic E-state index is 12.1. The van der Waals surface area contributed by atoms with Crippen LogP contribution in [0.5, 0.6) is 0 Å². The summed E-state index contributed by atoms with van der Waals surface area (Å²) >= 11 is 5.88. The average Bonchev–Trinajstić information content (AvgIpc) is 3.14. The Labute approximate surface area is 144 Å². The van der Waals surface area contributed by atoms with E-state index in [0.29, 0.717) is 16.3 Å². The van der Waals surface area contributed by atoms with Gasteiger partial charge >= 0.3 is 0 Å². The third kappa shape index (κ3) is 3.70. The molecule has 0 saturated heterocycles. The van der Waals surface area contributed by atoms with Crippen molar-refractivity contribution in [3.05, 3.63) is 83.4 Å². The lowest BCUT2D eigenvalue weighted by molar-refractivity contribution is 0.0955. The summed E-state index contributed by atoms with van der Waals surface area (Å²) in [5, 5.41) is 4.66. The molecule has 3 aromatic rings. The van der Waals surface area contributed by atoms with Crippen molar-refractivity contribution in [2.45, 2.75) is 6.92 Å². The summed E-state index contributed by atoms with van der Waals surface area (Å²) in [7, 11) is 0. The molecule has 1 amide bonds. The number of nitrogens with one attached hydrogen (secondary N) is 1. The zero-order valence-electron chi connectivity index (χ0n) is 13.0. The number of benzene rings is 2. The molecule has 1 N–H and O–H groups in total. The third-order valence-corrected chi connectivity index (χ3v) is 3.73. The topological polar surface area (TPSA) is 59.3 Å². The van der Waals surface area contributed by atoms with Crippen LogP contribution < -0.4 is 5.43 Å². The van der Waals surface area contributed by atoms with E-state index in [1.165, 1.54) is 0 Å². The molecule has 3 rings (SSSR count). The second-order valence-electron chi connectivity index (χ2n) is 5.17. The van der Waals surface area contributed by atoms with Gasteiger partial charge in [-0.15, -0.1) is 0 Å². The molecule has 24 heavy (non-hydrogen) atoms. The van der Waals surface area contributed by atoms with Crippen LogP contribution >= 0.6 is 11.6 Å². The fourth-order valence-electron chi connectivity index (χ4n) is 2.18. The molecule has 0 bridgehead atoms. The van der Waals surface area contributed by atoms with Gasteiger partial charge in [0.25, 0.3) is 5.91 Å². The van der Waals surface area contributed by atoms with Crippen LogP contribution in [0.4, 0.5) is 0 Å². The highest BCUT2D eigenvalue weighted by molar-refractivity contribution is 6.30. The first kappa shape index (κ1) is 16.0. The Kier molecular flexibility index (Phi) is 4.72. The molecule has 0 saturated carbocycles.